The van der Waals surface area contributed by atoms with Crippen molar-refractivity contribution in [2.24, 2.45) is 0 Å². The van der Waals surface area contributed by atoms with Crippen LogP contribution in [-0.4, -0.2) is 52.8 Å². The van der Waals surface area contributed by atoms with Crippen molar-refractivity contribution in [3.8, 4) is 0 Å². The van der Waals surface area contributed by atoms with Crippen LogP contribution in [0.1, 0.15) is 0 Å². The van der Waals surface area contributed by atoms with Crippen LogP contribution in [0.5, 0.6) is 0 Å². The molecule has 8 heavy (non-hydrogen) atoms. The Morgan fingerprint density at radius 3 is 2.25 bits per heavy atom. The molecule has 0 spiro atoms. The maximum atomic E-state index is 8.96. The van der Waals surface area contributed by atoms with Gasteiger partial charge in [0.2, 0.25) is 0 Å². The van der Waals surface area contributed by atoms with Gasteiger partial charge >= 0.3 is 58.1 Å². The van der Waals surface area contributed by atoms with E-state index in [0.29, 0.717) is 0 Å². The zero-order valence-corrected chi connectivity index (χ0v) is 7.01. The van der Waals surface area contributed by atoms with Gasteiger partial charge in [-0.3, -0.25) is 0 Å². The summed E-state index contributed by atoms with van der Waals surface area (Å²) >= 11 is 2.77. The summed E-state index contributed by atoms with van der Waals surface area (Å²) in [5, 5.41) is 9.68. The van der Waals surface area contributed by atoms with Crippen molar-refractivity contribution < 1.29 is 5.11 Å². The van der Waals surface area contributed by atoms with E-state index >= 15 is 0 Å². The van der Waals surface area contributed by atoms with Gasteiger partial charge in [-0.15, -0.1) is 0 Å². The summed E-state index contributed by atoms with van der Waals surface area (Å²) in [6.07, 6.45) is -0.204. The molecule has 0 heterocycles. The molecule has 0 bridgehead atoms. The number of nitrogens with zero attached hydrogens (tertiary/aromatic N) is 1. The molecule has 0 fully saturated rings. The quantitative estimate of drug-likeness (QED) is 0.593. The van der Waals surface area contributed by atoms with Crippen molar-refractivity contribution >= 4 is 16.0 Å². The minimum atomic E-state index is -0.204. The van der Waals surface area contributed by atoms with Crippen LogP contribution < -0.4 is 0 Å². The van der Waals surface area contributed by atoms with E-state index in [2.05, 4.69) is 16.0 Å². The van der Waals surface area contributed by atoms with Gasteiger partial charge in [-0.1, -0.05) is 0 Å². The molecule has 0 aromatic carbocycles. The Balaban J connectivity index is 3.10. The van der Waals surface area contributed by atoms with E-state index in [0.717, 1.165) is 11.9 Å². The van der Waals surface area contributed by atoms with Gasteiger partial charge in [0.1, 0.15) is 0 Å². The van der Waals surface area contributed by atoms with E-state index in [9.17, 15) is 0 Å². The average Bonchev–Trinajstić information content (AvgIpc) is 1.65. The summed E-state index contributed by atoms with van der Waals surface area (Å²) in [6, 6.07) is 0. The molecular formula is C5H12NOSe. The van der Waals surface area contributed by atoms with Gasteiger partial charge in [-0.05, 0) is 0 Å². The molecule has 0 aliphatic rings. The third-order valence-electron chi connectivity index (χ3n) is 0.768. The molecule has 0 aliphatic carbocycles. The zero-order valence-electron chi connectivity index (χ0n) is 5.29. The first-order valence-corrected chi connectivity index (χ1v) is 3.79. The van der Waals surface area contributed by atoms with Crippen LogP contribution in [0, 0.1) is 0 Å². The Morgan fingerprint density at radius 2 is 2.12 bits per heavy atom. The number of rotatable bonds is 3. The number of likely N-dealkylation sites (N-methyl/N-ethyl adjacent to an activating group) is 1. The Labute approximate surface area is 58.7 Å². The molecule has 2 nitrogen and oxygen atoms in total. The summed E-state index contributed by atoms with van der Waals surface area (Å²) in [4.78, 5) is 1.96. The fraction of sp³-hybridized carbons (Fsp3) is 1.00. The summed E-state index contributed by atoms with van der Waals surface area (Å²) < 4.78 is 0. The van der Waals surface area contributed by atoms with E-state index in [1.165, 1.54) is 0 Å². The number of aliphatic hydroxyl groups is 1. The van der Waals surface area contributed by atoms with Gasteiger partial charge in [0, 0.05) is 0 Å². The van der Waals surface area contributed by atoms with Crippen LogP contribution >= 0.6 is 0 Å². The van der Waals surface area contributed by atoms with E-state index in [1.807, 2.05) is 19.0 Å². The number of hydrogen-bond donors (Lipinski definition) is 1. The van der Waals surface area contributed by atoms with E-state index < -0.39 is 0 Å². The van der Waals surface area contributed by atoms with Gasteiger partial charge in [0.15, 0.2) is 0 Å². The maximum absolute atomic E-state index is 8.96. The first-order valence-electron chi connectivity index (χ1n) is 2.57. The molecule has 1 radical (unpaired) electrons. The van der Waals surface area contributed by atoms with Crippen LogP contribution in [-0.2, 0) is 0 Å². The van der Waals surface area contributed by atoms with E-state index in [1.54, 1.807) is 0 Å². The zero-order chi connectivity index (χ0) is 6.57. The van der Waals surface area contributed by atoms with Crippen LogP contribution in [0.15, 0.2) is 0 Å². The summed E-state index contributed by atoms with van der Waals surface area (Å²) in [5.41, 5.74) is 0. The van der Waals surface area contributed by atoms with E-state index in [-0.39, 0.29) is 6.10 Å². The van der Waals surface area contributed by atoms with Gasteiger partial charge < -0.3 is 0 Å². The molecule has 0 aliphatic heterocycles. The van der Waals surface area contributed by atoms with Crippen molar-refractivity contribution in [3.05, 3.63) is 0 Å². The van der Waals surface area contributed by atoms with Crippen molar-refractivity contribution in [1.29, 1.82) is 0 Å². The third kappa shape index (κ3) is 4.59. The molecule has 1 N–H and O–H groups in total. The second-order valence-corrected chi connectivity index (χ2v) is 2.78. The minimum absolute atomic E-state index is 0.204. The second-order valence-electron chi connectivity index (χ2n) is 2.08. The van der Waals surface area contributed by atoms with Gasteiger partial charge in [0.05, 0.1) is 0 Å². The molecule has 0 aromatic rings. The average molecular weight is 181 g/mol. The van der Waals surface area contributed by atoms with Gasteiger partial charge in [-0.2, -0.15) is 0 Å². The molecule has 1 unspecified atom stereocenters. The van der Waals surface area contributed by atoms with Crippen LogP contribution in [0.3, 0.4) is 0 Å². The van der Waals surface area contributed by atoms with Crippen molar-refractivity contribution in [2.75, 3.05) is 20.6 Å². The van der Waals surface area contributed by atoms with Gasteiger partial charge in [0.25, 0.3) is 0 Å². The second kappa shape index (κ2) is 4.33. The molecular weight excluding hydrogens is 169 g/mol. The molecule has 0 rings (SSSR count). The normalized spacial score (nSPS) is 14.6. The molecule has 49 valence electrons. The molecule has 0 amide bonds. The van der Waals surface area contributed by atoms with Crippen molar-refractivity contribution in [2.45, 2.75) is 11.4 Å². The third-order valence-corrected chi connectivity index (χ3v) is 1.58. The molecule has 0 saturated heterocycles. The summed E-state index contributed by atoms with van der Waals surface area (Å²) in [6.45, 7) is 0.743. The van der Waals surface area contributed by atoms with E-state index in [4.69, 9.17) is 5.11 Å². The van der Waals surface area contributed by atoms with Crippen LogP contribution in [0.4, 0.5) is 0 Å². The monoisotopic (exact) mass is 182 g/mol. The predicted octanol–water partition coefficient (Wildman–Crippen LogP) is -0.504. The van der Waals surface area contributed by atoms with Crippen molar-refractivity contribution in [3.63, 3.8) is 0 Å². The van der Waals surface area contributed by atoms with Crippen LogP contribution in [0.2, 0.25) is 5.32 Å². The predicted molar refractivity (Wildman–Crippen MR) is 35.1 cm³/mol. The number of aliphatic hydroxyl groups excluding tert-OH is 1. The SMILES string of the molecule is CN(C)CC(O)C[Se]. The van der Waals surface area contributed by atoms with Crippen molar-refractivity contribution in [1.82, 2.24) is 4.90 Å². The Hall–Kier alpha value is 0.439. The summed E-state index contributed by atoms with van der Waals surface area (Å²) in [5.74, 6) is 0. The summed E-state index contributed by atoms with van der Waals surface area (Å²) in [7, 11) is 3.89. The van der Waals surface area contributed by atoms with Crippen LogP contribution in [0.25, 0.3) is 0 Å². The standard InChI is InChI=1S/C5H12NOSe/c1-6(2)3-5(7)4-8/h5,7H,3-4H2,1-2H3. The fourth-order valence-corrected chi connectivity index (χ4v) is 0.695. The first-order chi connectivity index (χ1) is 3.66. The Kier molecular flexibility index (Phi) is 4.57. The fourth-order valence-electron chi connectivity index (χ4n) is 0.474. The molecule has 0 saturated carbocycles. The Bertz CT molecular complexity index is 58.4. The number of hydrogen-bond acceptors (Lipinski definition) is 2. The van der Waals surface area contributed by atoms with Gasteiger partial charge in [-0.25, -0.2) is 0 Å². The molecule has 1 atom stereocenters. The molecule has 0 aromatic heterocycles. The molecule has 3 heteroatoms. The topological polar surface area (TPSA) is 23.5 Å². The Morgan fingerprint density at radius 1 is 1.62 bits per heavy atom. The first kappa shape index (κ1) is 8.44.